The van der Waals surface area contributed by atoms with Gasteiger partial charge in [-0.1, -0.05) is 11.6 Å². The molecule has 160 valence electrons. The zero-order valence-corrected chi connectivity index (χ0v) is 18.3. The molecule has 2 heterocycles. The lowest BCUT2D eigenvalue weighted by molar-refractivity contribution is 0.0932. The molecule has 1 N–H and O–H groups in total. The Hall–Kier alpha value is -3.25. The van der Waals surface area contributed by atoms with Crippen LogP contribution in [0.2, 0.25) is 5.02 Å². The van der Waals surface area contributed by atoms with Gasteiger partial charge >= 0.3 is 0 Å². The number of aromatic nitrogens is 1. The van der Waals surface area contributed by atoms with E-state index in [0.29, 0.717) is 35.0 Å². The highest BCUT2D eigenvalue weighted by atomic mass is 35.5. The summed E-state index contributed by atoms with van der Waals surface area (Å²) < 4.78 is 16.9. The minimum absolute atomic E-state index is 0.168. The average Bonchev–Trinajstić information content (AvgIpc) is 3.21. The molecule has 31 heavy (non-hydrogen) atoms. The van der Waals surface area contributed by atoms with Crippen LogP contribution in [0.25, 0.3) is 11.1 Å². The summed E-state index contributed by atoms with van der Waals surface area (Å²) in [4.78, 5) is 16.6. The number of pyridine rings is 1. The predicted molar refractivity (Wildman–Crippen MR) is 119 cm³/mol. The van der Waals surface area contributed by atoms with Gasteiger partial charge in [-0.15, -0.1) is 0 Å². The predicted octanol–water partition coefficient (Wildman–Crippen LogP) is 4.46. The van der Waals surface area contributed by atoms with E-state index >= 15 is 0 Å². The van der Waals surface area contributed by atoms with E-state index in [-0.39, 0.29) is 12.0 Å². The van der Waals surface area contributed by atoms with Crippen LogP contribution in [0.15, 0.2) is 48.7 Å². The summed E-state index contributed by atoms with van der Waals surface area (Å²) in [5.41, 5.74) is 4.04. The zero-order chi connectivity index (χ0) is 22.0. The van der Waals surface area contributed by atoms with Gasteiger partial charge in [0, 0.05) is 29.4 Å². The van der Waals surface area contributed by atoms with Crippen molar-refractivity contribution in [1.29, 1.82) is 0 Å². The first-order valence-electron chi connectivity index (χ1n) is 9.91. The number of halogens is 1. The molecule has 3 aromatic rings. The van der Waals surface area contributed by atoms with Crippen LogP contribution < -0.4 is 19.5 Å². The SMILES string of the molecule is COc1ccc(OC)c(-c2cc(Cl)c3c(c2)CC(CNC(=O)c2cccnc2C)O3)c1. The molecule has 0 fully saturated rings. The molecule has 0 aliphatic carbocycles. The lowest BCUT2D eigenvalue weighted by atomic mass is 9.99. The lowest BCUT2D eigenvalue weighted by Crippen LogP contribution is -2.34. The van der Waals surface area contributed by atoms with Crippen LogP contribution in [0.1, 0.15) is 21.6 Å². The molecule has 0 bridgehead atoms. The van der Waals surface area contributed by atoms with Gasteiger partial charge in [-0.05, 0) is 55.0 Å². The molecular formula is C24H23ClN2O4. The number of hydrogen-bond acceptors (Lipinski definition) is 5. The van der Waals surface area contributed by atoms with Crippen molar-refractivity contribution in [2.45, 2.75) is 19.4 Å². The summed E-state index contributed by atoms with van der Waals surface area (Å²) in [6.07, 6.45) is 2.11. The highest BCUT2D eigenvalue weighted by molar-refractivity contribution is 6.32. The molecule has 1 unspecified atom stereocenters. The van der Waals surface area contributed by atoms with Crippen molar-refractivity contribution >= 4 is 17.5 Å². The van der Waals surface area contributed by atoms with Gasteiger partial charge in [-0.3, -0.25) is 9.78 Å². The number of rotatable bonds is 6. The first-order chi connectivity index (χ1) is 15.0. The summed E-state index contributed by atoms with van der Waals surface area (Å²) in [5.74, 6) is 1.95. The van der Waals surface area contributed by atoms with Gasteiger partial charge in [0.15, 0.2) is 0 Å². The summed E-state index contributed by atoms with van der Waals surface area (Å²) in [5, 5.41) is 3.45. The summed E-state index contributed by atoms with van der Waals surface area (Å²) in [6, 6.07) is 13.0. The monoisotopic (exact) mass is 438 g/mol. The van der Waals surface area contributed by atoms with E-state index < -0.39 is 0 Å². The number of nitrogens with zero attached hydrogens (tertiary/aromatic N) is 1. The fourth-order valence-corrected chi connectivity index (χ4v) is 4.01. The van der Waals surface area contributed by atoms with E-state index in [2.05, 4.69) is 10.3 Å². The minimum atomic E-state index is -0.198. The molecule has 6 nitrogen and oxygen atoms in total. The van der Waals surface area contributed by atoms with Crippen LogP contribution in [0.4, 0.5) is 0 Å². The molecule has 2 aromatic carbocycles. The third-order valence-electron chi connectivity index (χ3n) is 5.31. The Morgan fingerprint density at radius 3 is 2.81 bits per heavy atom. The normalized spacial score (nSPS) is 14.5. The van der Waals surface area contributed by atoms with Gasteiger partial charge in [0.05, 0.1) is 31.4 Å². The number of ether oxygens (including phenoxy) is 3. The second-order valence-electron chi connectivity index (χ2n) is 7.30. The van der Waals surface area contributed by atoms with E-state index in [1.807, 2.05) is 37.3 Å². The van der Waals surface area contributed by atoms with Gasteiger partial charge in [0.1, 0.15) is 23.4 Å². The highest BCUT2D eigenvalue weighted by Gasteiger charge is 2.27. The molecule has 0 saturated heterocycles. The molecule has 4 rings (SSSR count). The number of methoxy groups -OCH3 is 2. The maximum atomic E-state index is 12.5. The van der Waals surface area contributed by atoms with Crippen molar-refractivity contribution in [2.75, 3.05) is 20.8 Å². The highest BCUT2D eigenvalue weighted by Crippen LogP contribution is 2.42. The summed E-state index contributed by atoms with van der Waals surface area (Å²) >= 11 is 6.55. The number of fused-ring (bicyclic) bond motifs is 1. The lowest BCUT2D eigenvalue weighted by Gasteiger charge is -2.13. The third-order valence-corrected chi connectivity index (χ3v) is 5.59. The standard InChI is InChI=1S/C24H23ClN2O4/c1-14-19(5-4-8-26-14)24(28)27-13-18-10-16-9-15(11-21(25)23(16)31-18)20-12-17(29-2)6-7-22(20)30-3/h4-9,11-12,18H,10,13H2,1-3H3,(H,27,28). The smallest absolute Gasteiger partial charge is 0.253 e. The van der Waals surface area contributed by atoms with Crippen molar-refractivity contribution in [3.05, 3.63) is 70.5 Å². The largest absolute Gasteiger partial charge is 0.497 e. The molecule has 7 heteroatoms. The van der Waals surface area contributed by atoms with Crippen molar-refractivity contribution in [3.8, 4) is 28.4 Å². The number of nitrogens with one attached hydrogen (secondary N) is 1. The first-order valence-corrected chi connectivity index (χ1v) is 10.3. The number of amides is 1. The maximum absolute atomic E-state index is 12.5. The second kappa shape index (κ2) is 8.86. The van der Waals surface area contributed by atoms with E-state index in [9.17, 15) is 4.79 Å². The van der Waals surface area contributed by atoms with Crippen LogP contribution >= 0.6 is 11.6 Å². The molecule has 1 atom stereocenters. The maximum Gasteiger partial charge on any atom is 0.253 e. The number of hydrogen-bond donors (Lipinski definition) is 1. The molecule has 1 aromatic heterocycles. The Kier molecular flexibility index (Phi) is 6.00. The van der Waals surface area contributed by atoms with Crippen LogP contribution in [-0.2, 0) is 6.42 Å². The van der Waals surface area contributed by atoms with Crippen LogP contribution in [0.3, 0.4) is 0 Å². The minimum Gasteiger partial charge on any atom is -0.497 e. The Labute approximate surface area is 186 Å². The third kappa shape index (κ3) is 4.30. The topological polar surface area (TPSA) is 69.7 Å². The fraction of sp³-hybridized carbons (Fsp3) is 0.250. The molecule has 0 spiro atoms. The Bertz CT molecular complexity index is 1130. The quantitative estimate of drug-likeness (QED) is 0.615. The van der Waals surface area contributed by atoms with E-state index in [4.69, 9.17) is 25.8 Å². The fourth-order valence-electron chi connectivity index (χ4n) is 3.72. The van der Waals surface area contributed by atoms with Gasteiger partial charge in [0.25, 0.3) is 5.91 Å². The van der Waals surface area contributed by atoms with Crippen LogP contribution in [0, 0.1) is 6.92 Å². The first kappa shape index (κ1) is 21.0. The van der Waals surface area contributed by atoms with Crippen molar-refractivity contribution in [3.63, 3.8) is 0 Å². The molecular weight excluding hydrogens is 416 g/mol. The van der Waals surface area contributed by atoms with E-state index in [1.54, 1.807) is 32.5 Å². The zero-order valence-electron chi connectivity index (χ0n) is 17.6. The Morgan fingerprint density at radius 1 is 1.23 bits per heavy atom. The van der Waals surface area contributed by atoms with Crippen molar-refractivity contribution < 1.29 is 19.0 Å². The van der Waals surface area contributed by atoms with E-state index in [0.717, 1.165) is 28.2 Å². The van der Waals surface area contributed by atoms with Gasteiger partial charge in [-0.25, -0.2) is 0 Å². The molecule has 1 amide bonds. The average molecular weight is 439 g/mol. The Balaban J connectivity index is 1.52. The summed E-state index contributed by atoms with van der Waals surface area (Å²) in [6.45, 7) is 2.18. The number of aryl methyl sites for hydroxylation is 1. The second-order valence-corrected chi connectivity index (χ2v) is 7.71. The molecule has 1 aliphatic heterocycles. The van der Waals surface area contributed by atoms with Gasteiger partial charge in [-0.2, -0.15) is 0 Å². The molecule has 0 radical (unpaired) electrons. The number of carbonyl (C=O) groups is 1. The van der Waals surface area contributed by atoms with Gasteiger partial charge in [0.2, 0.25) is 0 Å². The molecule has 0 saturated carbocycles. The molecule has 1 aliphatic rings. The van der Waals surface area contributed by atoms with Crippen molar-refractivity contribution in [2.24, 2.45) is 0 Å². The number of benzene rings is 2. The van der Waals surface area contributed by atoms with Crippen LogP contribution in [0.5, 0.6) is 17.2 Å². The van der Waals surface area contributed by atoms with Gasteiger partial charge < -0.3 is 19.5 Å². The summed E-state index contributed by atoms with van der Waals surface area (Å²) in [7, 11) is 3.26. The van der Waals surface area contributed by atoms with E-state index in [1.165, 1.54) is 0 Å². The van der Waals surface area contributed by atoms with Crippen LogP contribution in [-0.4, -0.2) is 37.8 Å². The van der Waals surface area contributed by atoms with Crippen molar-refractivity contribution in [1.82, 2.24) is 10.3 Å². The number of carbonyl (C=O) groups excluding carboxylic acids is 1. The Morgan fingerprint density at radius 2 is 2.06 bits per heavy atom.